The van der Waals surface area contributed by atoms with Crippen molar-refractivity contribution in [3.05, 3.63) is 34.9 Å². The quantitative estimate of drug-likeness (QED) is 0.715. The molecule has 0 spiro atoms. The monoisotopic (exact) mass is 189 g/mol. The molecule has 1 N–H and O–H groups in total. The van der Waals surface area contributed by atoms with Gasteiger partial charge in [0.15, 0.2) is 0 Å². The minimum absolute atomic E-state index is 0.429. The number of hydrogen-bond donors (Lipinski definition) is 1. The Kier molecular flexibility index (Phi) is 2.16. The molecule has 0 fully saturated rings. The van der Waals surface area contributed by atoms with E-state index in [1.165, 1.54) is 11.1 Å². The van der Waals surface area contributed by atoms with Gasteiger partial charge in [-0.15, -0.1) is 0 Å². The highest BCUT2D eigenvalue weighted by molar-refractivity contribution is 5.71. The number of likely N-dealkylation sites (N-methyl/N-ethyl adjacent to an activating group) is 1. The van der Waals surface area contributed by atoms with Gasteiger partial charge >= 0.3 is 0 Å². The number of nitrogens with one attached hydrogen (secondary N) is 1. The van der Waals surface area contributed by atoms with Crippen LogP contribution >= 0.6 is 0 Å². The van der Waals surface area contributed by atoms with E-state index in [0.29, 0.717) is 0 Å². The molecule has 2 nitrogen and oxygen atoms in total. The van der Waals surface area contributed by atoms with E-state index in [9.17, 15) is 4.79 Å². The van der Waals surface area contributed by atoms with Crippen molar-refractivity contribution in [3.63, 3.8) is 0 Å². The van der Waals surface area contributed by atoms with Gasteiger partial charge < -0.3 is 10.1 Å². The molecule has 0 heterocycles. The van der Waals surface area contributed by atoms with Gasteiger partial charge in [-0.25, -0.2) is 0 Å². The first-order valence-electron chi connectivity index (χ1n) is 4.98. The summed E-state index contributed by atoms with van der Waals surface area (Å²) in [5.74, 6) is 0. The minimum atomic E-state index is -0.429. The summed E-state index contributed by atoms with van der Waals surface area (Å²) in [4.78, 5) is 11.2. The molecule has 0 aromatic heterocycles. The van der Waals surface area contributed by atoms with E-state index in [0.717, 1.165) is 24.7 Å². The van der Waals surface area contributed by atoms with E-state index >= 15 is 0 Å². The molecule has 0 amide bonds. The molecule has 0 saturated heterocycles. The van der Waals surface area contributed by atoms with Crippen LogP contribution in [0.2, 0.25) is 0 Å². The van der Waals surface area contributed by atoms with Gasteiger partial charge in [-0.2, -0.15) is 0 Å². The first kappa shape index (κ1) is 9.41. The third-order valence-electron chi connectivity index (χ3n) is 3.31. The van der Waals surface area contributed by atoms with E-state index in [1.807, 2.05) is 13.1 Å². The minimum Gasteiger partial charge on any atom is -0.305 e. The summed E-state index contributed by atoms with van der Waals surface area (Å²) >= 11 is 0. The highest BCUT2D eigenvalue weighted by Crippen LogP contribution is 2.36. The van der Waals surface area contributed by atoms with Crippen LogP contribution in [0.3, 0.4) is 0 Å². The lowest BCUT2D eigenvalue weighted by Gasteiger charge is -2.23. The van der Waals surface area contributed by atoms with E-state index < -0.39 is 5.54 Å². The van der Waals surface area contributed by atoms with Crippen molar-refractivity contribution in [1.82, 2.24) is 5.32 Å². The molecule has 1 aliphatic rings. The standard InChI is InChI=1S/C12H15NO/c1-9-4-3-5-11-10(9)6-7-12(11,8-14)13-2/h3-5,8,13H,6-7H2,1-2H3. The van der Waals surface area contributed by atoms with Gasteiger partial charge in [-0.05, 0) is 43.5 Å². The number of aldehydes is 1. The Morgan fingerprint density at radius 1 is 1.50 bits per heavy atom. The van der Waals surface area contributed by atoms with Crippen LogP contribution in [-0.4, -0.2) is 13.3 Å². The summed E-state index contributed by atoms with van der Waals surface area (Å²) < 4.78 is 0. The second kappa shape index (κ2) is 3.21. The van der Waals surface area contributed by atoms with Crippen LogP contribution in [0.4, 0.5) is 0 Å². The van der Waals surface area contributed by atoms with Crippen LogP contribution in [-0.2, 0) is 16.8 Å². The highest BCUT2D eigenvalue weighted by Gasteiger charge is 2.37. The molecule has 1 unspecified atom stereocenters. The molecule has 1 aromatic rings. The average Bonchev–Trinajstić information content (AvgIpc) is 2.59. The van der Waals surface area contributed by atoms with E-state index in [2.05, 4.69) is 24.4 Å². The molecule has 0 bridgehead atoms. The Morgan fingerprint density at radius 3 is 2.93 bits per heavy atom. The van der Waals surface area contributed by atoms with Gasteiger partial charge in [-0.3, -0.25) is 0 Å². The maximum atomic E-state index is 11.2. The summed E-state index contributed by atoms with van der Waals surface area (Å²) in [6.07, 6.45) is 2.92. The van der Waals surface area contributed by atoms with Crippen molar-refractivity contribution < 1.29 is 4.79 Å². The second-order valence-corrected chi connectivity index (χ2v) is 3.94. The lowest BCUT2D eigenvalue weighted by atomic mass is 9.93. The number of carbonyl (C=O) groups excluding carboxylic acids is 1. The SMILES string of the molecule is CNC1(C=O)CCc2c(C)cccc21. The zero-order valence-corrected chi connectivity index (χ0v) is 8.63. The molecule has 74 valence electrons. The normalized spacial score (nSPS) is 24.7. The third-order valence-corrected chi connectivity index (χ3v) is 3.31. The molecule has 1 aromatic carbocycles. The fraction of sp³-hybridized carbons (Fsp3) is 0.417. The zero-order chi connectivity index (χ0) is 10.2. The lowest BCUT2D eigenvalue weighted by molar-refractivity contribution is -0.113. The van der Waals surface area contributed by atoms with Crippen molar-refractivity contribution in [2.45, 2.75) is 25.3 Å². The molecule has 0 radical (unpaired) electrons. The topological polar surface area (TPSA) is 29.1 Å². The average molecular weight is 189 g/mol. The van der Waals surface area contributed by atoms with Crippen LogP contribution in [0.15, 0.2) is 18.2 Å². The number of benzene rings is 1. The van der Waals surface area contributed by atoms with E-state index in [4.69, 9.17) is 0 Å². The van der Waals surface area contributed by atoms with Gasteiger partial charge in [0.25, 0.3) is 0 Å². The van der Waals surface area contributed by atoms with Crippen LogP contribution in [0.5, 0.6) is 0 Å². The largest absolute Gasteiger partial charge is 0.305 e. The van der Waals surface area contributed by atoms with E-state index in [1.54, 1.807) is 0 Å². The highest BCUT2D eigenvalue weighted by atomic mass is 16.1. The van der Waals surface area contributed by atoms with Crippen LogP contribution in [0.1, 0.15) is 23.1 Å². The van der Waals surface area contributed by atoms with Gasteiger partial charge in [0.2, 0.25) is 0 Å². The van der Waals surface area contributed by atoms with Gasteiger partial charge in [0.1, 0.15) is 11.8 Å². The van der Waals surface area contributed by atoms with Gasteiger partial charge in [-0.1, -0.05) is 18.2 Å². The summed E-state index contributed by atoms with van der Waals surface area (Å²) in [5.41, 5.74) is 3.37. The Hall–Kier alpha value is -1.15. The van der Waals surface area contributed by atoms with E-state index in [-0.39, 0.29) is 0 Å². The Bertz CT molecular complexity index is 373. The molecule has 2 heteroatoms. The van der Waals surface area contributed by atoms with Crippen molar-refractivity contribution in [1.29, 1.82) is 0 Å². The molecule has 0 saturated carbocycles. The predicted molar refractivity (Wildman–Crippen MR) is 56.3 cm³/mol. The molecular weight excluding hydrogens is 174 g/mol. The summed E-state index contributed by atoms with van der Waals surface area (Å²) in [7, 11) is 1.85. The molecule has 0 aliphatic heterocycles. The van der Waals surface area contributed by atoms with Crippen LogP contribution < -0.4 is 5.32 Å². The van der Waals surface area contributed by atoms with Crippen LogP contribution in [0, 0.1) is 6.92 Å². The molecular formula is C12H15NO. The number of fused-ring (bicyclic) bond motifs is 1. The fourth-order valence-electron chi connectivity index (χ4n) is 2.35. The summed E-state index contributed by atoms with van der Waals surface area (Å²) in [5, 5.41) is 3.14. The Labute approximate surface area is 84.3 Å². The Balaban J connectivity index is 2.59. The molecule has 1 aliphatic carbocycles. The maximum Gasteiger partial charge on any atom is 0.144 e. The fourth-order valence-corrected chi connectivity index (χ4v) is 2.35. The third kappa shape index (κ3) is 1.11. The maximum absolute atomic E-state index is 11.2. The lowest BCUT2D eigenvalue weighted by Crippen LogP contribution is -2.39. The summed E-state index contributed by atoms with van der Waals surface area (Å²) in [6.45, 7) is 2.11. The van der Waals surface area contributed by atoms with Gasteiger partial charge in [0.05, 0.1) is 0 Å². The first-order valence-corrected chi connectivity index (χ1v) is 4.98. The second-order valence-electron chi connectivity index (χ2n) is 3.94. The smallest absolute Gasteiger partial charge is 0.144 e. The molecule has 1 atom stereocenters. The van der Waals surface area contributed by atoms with Gasteiger partial charge in [0, 0.05) is 0 Å². The number of hydrogen-bond acceptors (Lipinski definition) is 2. The first-order chi connectivity index (χ1) is 6.73. The predicted octanol–water partition coefficient (Wildman–Crippen LogP) is 1.55. The number of rotatable bonds is 2. The van der Waals surface area contributed by atoms with Crippen molar-refractivity contribution >= 4 is 6.29 Å². The molecule has 14 heavy (non-hydrogen) atoms. The van der Waals surface area contributed by atoms with Crippen molar-refractivity contribution in [3.8, 4) is 0 Å². The number of carbonyl (C=O) groups is 1. The summed E-state index contributed by atoms with van der Waals surface area (Å²) in [6, 6.07) is 6.19. The number of aryl methyl sites for hydroxylation is 1. The zero-order valence-electron chi connectivity index (χ0n) is 8.63. The van der Waals surface area contributed by atoms with Crippen molar-refractivity contribution in [2.24, 2.45) is 0 Å². The molecule has 2 rings (SSSR count). The Morgan fingerprint density at radius 2 is 2.29 bits per heavy atom. The van der Waals surface area contributed by atoms with Crippen molar-refractivity contribution in [2.75, 3.05) is 7.05 Å². The van der Waals surface area contributed by atoms with Crippen LogP contribution in [0.25, 0.3) is 0 Å².